The fourth-order valence-electron chi connectivity index (χ4n) is 12.1. The van der Waals surface area contributed by atoms with Crippen LogP contribution in [-0.4, -0.2) is 5.71 Å². The van der Waals surface area contributed by atoms with Gasteiger partial charge in [-0.2, -0.15) is 0 Å². The molecule has 0 saturated heterocycles. The van der Waals surface area contributed by atoms with E-state index in [2.05, 4.69) is 249 Å². The average Bonchev–Trinajstić information content (AvgIpc) is 3.87. The van der Waals surface area contributed by atoms with Crippen molar-refractivity contribution in [3.8, 4) is 22.3 Å². The molecule has 0 unspecified atom stereocenters. The van der Waals surface area contributed by atoms with Crippen LogP contribution >= 0.6 is 0 Å². The van der Waals surface area contributed by atoms with Gasteiger partial charge in [-0.3, -0.25) is 5.41 Å². The number of hydrogen-bond donors (Lipinski definition) is 2. The zero-order valence-corrected chi connectivity index (χ0v) is 40.3. The number of anilines is 3. The van der Waals surface area contributed by atoms with Crippen LogP contribution in [0.25, 0.3) is 45.3 Å². The topological polar surface area (TPSA) is 39.1 Å². The second-order valence-electron chi connectivity index (χ2n) is 19.6. The van der Waals surface area contributed by atoms with Crippen LogP contribution in [0.5, 0.6) is 0 Å². The summed E-state index contributed by atoms with van der Waals surface area (Å²) in [5.74, 6) is 0. The third kappa shape index (κ3) is 6.62. The minimum absolute atomic E-state index is 0.221. The quantitative estimate of drug-likeness (QED) is 0.142. The summed E-state index contributed by atoms with van der Waals surface area (Å²) >= 11 is 0. The zero-order valence-electron chi connectivity index (χ0n) is 40.3. The van der Waals surface area contributed by atoms with Crippen molar-refractivity contribution in [2.45, 2.75) is 24.7 Å². The molecule has 10 aromatic carbocycles. The molecule has 1 aliphatic heterocycles. The molecule has 3 nitrogen and oxygen atoms in total. The molecule has 72 heavy (non-hydrogen) atoms. The SMILES string of the molecule is CC1(C)c2ccccc2-c2c(N(c3ccc4c(c3)C(c3ccccc3)(c3ccccc3)c3ccccc3-4)c3cccc4c3C=C(c3ccccc3)N/C4=C(\C(=N)c3ccccc3)c3ccccc3)cccc21. The molecule has 0 fully saturated rings. The van der Waals surface area contributed by atoms with Crippen LogP contribution in [0, 0.1) is 5.41 Å². The summed E-state index contributed by atoms with van der Waals surface area (Å²) in [6, 6.07) is 92.0. The third-order valence-corrected chi connectivity index (χ3v) is 15.4. The first-order chi connectivity index (χ1) is 35.4. The van der Waals surface area contributed by atoms with Gasteiger partial charge in [0.1, 0.15) is 0 Å². The predicted octanol–water partition coefficient (Wildman–Crippen LogP) is 16.9. The van der Waals surface area contributed by atoms with Crippen molar-refractivity contribution >= 4 is 45.8 Å². The van der Waals surface area contributed by atoms with Gasteiger partial charge in [-0.05, 0) is 91.5 Å². The van der Waals surface area contributed by atoms with E-state index in [1.165, 1.54) is 55.6 Å². The highest BCUT2D eigenvalue weighted by atomic mass is 15.2. The standard InChI is InChI=1S/C69H51N3/c1-68(2)57-37-20-19-35-55(57)65-59(68)39-23-41-63(65)72(51-42-43-53-52-34-18-21-38-58(52)69(60(53)44-51,49-30-14-6-15-31-49)50-32-16-7-17-33-50)62-40-22-36-54-56(62)45-61(46-24-8-3-9-25-46)71-67(54)64(47-26-10-4-11-27-47)66(70)48-28-12-5-13-29-48/h3-45,70-71H,1-2H3/b67-64-,70-66?. The lowest BCUT2D eigenvalue weighted by Crippen LogP contribution is -2.28. The van der Waals surface area contributed by atoms with Crippen LogP contribution in [-0.2, 0) is 10.8 Å². The van der Waals surface area contributed by atoms with Crippen LogP contribution in [0.15, 0.2) is 255 Å². The number of hydrogen-bond acceptors (Lipinski definition) is 3. The van der Waals surface area contributed by atoms with Gasteiger partial charge in [-0.15, -0.1) is 0 Å². The maximum Gasteiger partial charge on any atom is 0.0714 e. The summed E-state index contributed by atoms with van der Waals surface area (Å²) < 4.78 is 0. The lowest BCUT2D eigenvalue weighted by Gasteiger charge is -2.36. The predicted molar refractivity (Wildman–Crippen MR) is 300 cm³/mol. The zero-order chi connectivity index (χ0) is 48.4. The Labute approximate surface area is 422 Å². The van der Waals surface area contributed by atoms with E-state index in [0.29, 0.717) is 5.71 Å². The monoisotopic (exact) mass is 921 g/mol. The molecule has 10 aromatic rings. The van der Waals surface area contributed by atoms with Crippen LogP contribution in [0.4, 0.5) is 17.1 Å². The maximum atomic E-state index is 10.0. The Bertz CT molecular complexity index is 3760. The number of rotatable bonds is 9. The van der Waals surface area contributed by atoms with Gasteiger partial charge in [0.05, 0.1) is 28.2 Å². The summed E-state index contributed by atoms with van der Waals surface area (Å²) in [4.78, 5) is 2.53. The molecule has 0 radical (unpaired) electrons. The van der Waals surface area contributed by atoms with E-state index in [-0.39, 0.29) is 5.41 Å². The van der Waals surface area contributed by atoms with Gasteiger partial charge in [0.25, 0.3) is 0 Å². The number of nitrogens with zero attached hydrogens (tertiary/aromatic N) is 1. The highest BCUT2D eigenvalue weighted by molar-refractivity contribution is 6.36. The van der Waals surface area contributed by atoms with Gasteiger partial charge < -0.3 is 10.2 Å². The lowest BCUT2D eigenvalue weighted by atomic mass is 9.67. The molecule has 0 aromatic heterocycles. The molecule has 0 bridgehead atoms. The van der Waals surface area contributed by atoms with Crippen molar-refractivity contribution in [2.75, 3.05) is 4.90 Å². The molecule has 3 heteroatoms. The maximum absolute atomic E-state index is 10.0. The van der Waals surface area contributed by atoms with Gasteiger partial charge >= 0.3 is 0 Å². The van der Waals surface area contributed by atoms with Crippen molar-refractivity contribution < 1.29 is 0 Å². The van der Waals surface area contributed by atoms with Crippen molar-refractivity contribution in [1.82, 2.24) is 5.32 Å². The van der Waals surface area contributed by atoms with Crippen molar-refractivity contribution in [1.29, 1.82) is 5.41 Å². The van der Waals surface area contributed by atoms with Crippen molar-refractivity contribution in [3.63, 3.8) is 0 Å². The summed E-state index contributed by atoms with van der Waals surface area (Å²) in [5.41, 5.74) is 23.0. The first kappa shape index (κ1) is 43.0. The molecule has 0 saturated carbocycles. The molecule has 0 amide bonds. The van der Waals surface area contributed by atoms with Crippen LogP contribution in [0.3, 0.4) is 0 Å². The fraction of sp³-hybridized carbons (Fsp3) is 0.0580. The van der Waals surface area contributed by atoms with E-state index in [9.17, 15) is 5.41 Å². The second kappa shape index (κ2) is 17.1. The Morgan fingerprint density at radius 3 is 1.62 bits per heavy atom. The molecule has 2 aliphatic carbocycles. The van der Waals surface area contributed by atoms with E-state index >= 15 is 0 Å². The molecule has 1 heterocycles. The van der Waals surface area contributed by atoms with Crippen LogP contribution in [0.2, 0.25) is 0 Å². The molecule has 0 spiro atoms. The molecule has 2 N–H and O–H groups in total. The van der Waals surface area contributed by atoms with E-state index in [4.69, 9.17) is 0 Å². The van der Waals surface area contributed by atoms with Gasteiger partial charge in [0.15, 0.2) is 0 Å². The normalized spacial score (nSPS) is 14.9. The smallest absolute Gasteiger partial charge is 0.0714 e. The largest absolute Gasteiger partial charge is 0.354 e. The average molecular weight is 922 g/mol. The highest BCUT2D eigenvalue weighted by Crippen LogP contribution is 2.59. The Balaban J connectivity index is 1.14. The Morgan fingerprint density at radius 2 is 0.944 bits per heavy atom. The Morgan fingerprint density at radius 1 is 0.431 bits per heavy atom. The summed E-state index contributed by atoms with van der Waals surface area (Å²) in [7, 11) is 0. The molecule has 3 aliphatic rings. The number of benzene rings is 10. The highest BCUT2D eigenvalue weighted by Gasteiger charge is 2.47. The first-order valence-corrected chi connectivity index (χ1v) is 24.9. The lowest BCUT2D eigenvalue weighted by molar-refractivity contribution is 0.660. The van der Waals surface area contributed by atoms with Crippen LogP contribution < -0.4 is 10.2 Å². The minimum Gasteiger partial charge on any atom is -0.354 e. The van der Waals surface area contributed by atoms with Gasteiger partial charge in [0, 0.05) is 44.6 Å². The minimum atomic E-state index is -0.595. The molecular weight excluding hydrogens is 871 g/mol. The van der Waals surface area contributed by atoms with E-state index in [0.717, 1.165) is 61.8 Å². The van der Waals surface area contributed by atoms with E-state index < -0.39 is 5.41 Å². The van der Waals surface area contributed by atoms with E-state index in [1.807, 2.05) is 36.4 Å². The second-order valence-corrected chi connectivity index (χ2v) is 19.6. The first-order valence-electron chi connectivity index (χ1n) is 24.9. The summed E-state index contributed by atoms with van der Waals surface area (Å²) in [5, 5.41) is 14.0. The summed E-state index contributed by atoms with van der Waals surface area (Å²) in [6.45, 7) is 4.72. The number of allylic oxidation sites excluding steroid dienone is 1. The molecular formula is C69H51N3. The van der Waals surface area contributed by atoms with Crippen LogP contribution in [0.1, 0.15) is 75.0 Å². The van der Waals surface area contributed by atoms with Gasteiger partial charge in [-0.25, -0.2) is 0 Å². The number of fused-ring (bicyclic) bond motifs is 7. The van der Waals surface area contributed by atoms with Crippen molar-refractivity contribution in [2.24, 2.45) is 0 Å². The van der Waals surface area contributed by atoms with Gasteiger partial charge in [0.2, 0.25) is 0 Å². The summed E-state index contributed by atoms with van der Waals surface area (Å²) in [6.07, 6.45) is 2.33. The fourth-order valence-corrected chi connectivity index (χ4v) is 12.1. The number of nitrogens with one attached hydrogen (secondary N) is 2. The molecule has 0 atom stereocenters. The molecule has 13 rings (SSSR count). The van der Waals surface area contributed by atoms with Crippen molar-refractivity contribution in [3.05, 3.63) is 316 Å². The van der Waals surface area contributed by atoms with Gasteiger partial charge in [-0.1, -0.05) is 244 Å². The Kier molecular flexibility index (Phi) is 10.2. The third-order valence-electron chi connectivity index (χ3n) is 15.4. The molecule has 342 valence electrons. The Hall–Kier alpha value is -9.05. The van der Waals surface area contributed by atoms with E-state index in [1.54, 1.807) is 0 Å².